The summed E-state index contributed by atoms with van der Waals surface area (Å²) in [6, 6.07) is 24.4. The fourth-order valence-corrected chi connectivity index (χ4v) is 5.73. The Bertz CT molecular complexity index is 1330. The minimum Gasteiger partial charge on any atom is -0.301 e. The number of nitrogens with zero attached hydrogens (tertiary/aromatic N) is 5. The summed E-state index contributed by atoms with van der Waals surface area (Å²) < 4.78 is 0. The monoisotopic (exact) mass is 547 g/mol. The van der Waals surface area contributed by atoms with E-state index in [2.05, 4.69) is 72.1 Å². The van der Waals surface area contributed by atoms with E-state index in [4.69, 9.17) is 11.6 Å². The predicted octanol–water partition coefficient (Wildman–Crippen LogP) is 5.07. The first kappa shape index (κ1) is 26.4. The molecule has 1 fully saturated rings. The van der Waals surface area contributed by atoms with E-state index in [9.17, 15) is 4.79 Å². The van der Waals surface area contributed by atoms with Crippen LogP contribution in [0, 0.1) is 0 Å². The molecule has 0 bridgehead atoms. The Morgan fingerprint density at radius 3 is 2.47 bits per heavy atom. The number of halogens is 1. The van der Waals surface area contributed by atoms with Crippen molar-refractivity contribution in [3.05, 3.63) is 88.9 Å². The van der Waals surface area contributed by atoms with Gasteiger partial charge in [-0.25, -0.2) is 5.10 Å². The molecule has 1 aliphatic rings. The molecule has 0 aliphatic carbocycles. The maximum absolute atomic E-state index is 12.6. The van der Waals surface area contributed by atoms with E-state index in [1.54, 1.807) is 11.8 Å². The van der Waals surface area contributed by atoms with E-state index in [0.717, 1.165) is 61.4 Å². The Morgan fingerprint density at radius 2 is 1.68 bits per heavy atom. The van der Waals surface area contributed by atoms with Gasteiger partial charge < -0.3 is 4.90 Å². The normalized spacial score (nSPS) is 14.4. The lowest BCUT2D eigenvalue weighted by Gasteiger charge is -2.35. The molecule has 10 heteroatoms. The number of aromatic amines is 1. The molecule has 4 aromatic rings. The number of thioether (sulfide) groups is 1. The van der Waals surface area contributed by atoms with Gasteiger partial charge in [-0.1, -0.05) is 65.2 Å². The van der Waals surface area contributed by atoms with Crippen molar-refractivity contribution in [2.75, 3.05) is 43.8 Å². The van der Waals surface area contributed by atoms with Crippen LogP contribution in [0.5, 0.6) is 0 Å². The fraction of sp³-hybridized carbons (Fsp3) is 0.286. The summed E-state index contributed by atoms with van der Waals surface area (Å²) in [5.74, 6) is 0.964. The first-order valence-electron chi connectivity index (χ1n) is 12.7. The van der Waals surface area contributed by atoms with E-state index in [1.165, 1.54) is 16.7 Å². The number of amides is 1. The average molecular weight is 548 g/mol. The molecule has 0 atom stereocenters. The highest BCUT2D eigenvalue weighted by Crippen LogP contribution is 2.27. The van der Waals surface area contributed by atoms with Crippen LogP contribution in [0.2, 0.25) is 5.02 Å². The van der Waals surface area contributed by atoms with Gasteiger partial charge in [0.05, 0.1) is 5.56 Å². The number of H-pyrrole nitrogens is 1. The van der Waals surface area contributed by atoms with Crippen LogP contribution in [-0.2, 0) is 6.54 Å². The van der Waals surface area contributed by atoms with Gasteiger partial charge in [0.1, 0.15) is 0 Å². The van der Waals surface area contributed by atoms with Crippen molar-refractivity contribution in [3.63, 3.8) is 0 Å². The summed E-state index contributed by atoms with van der Waals surface area (Å²) in [5, 5.41) is 16.7. The molecule has 196 valence electrons. The molecule has 0 spiro atoms. The number of tetrazole rings is 1. The second kappa shape index (κ2) is 13.0. The zero-order chi connectivity index (χ0) is 26.2. The van der Waals surface area contributed by atoms with Gasteiger partial charge in [0.15, 0.2) is 0 Å². The lowest BCUT2D eigenvalue weighted by atomic mass is 9.99. The summed E-state index contributed by atoms with van der Waals surface area (Å²) in [5.41, 5.74) is 4.45. The van der Waals surface area contributed by atoms with E-state index in [0.29, 0.717) is 5.56 Å². The number of benzene rings is 3. The molecule has 0 saturated carbocycles. The molecule has 0 radical (unpaired) electrons. The highest BCUT2D eigenvalue weighted by Gasteiger charge is 2.18. The molecular formula is C28H30ClN7OS. The van der Waals surface area contributed by atoms with E-state index in [1.807, 2.05) is 36.4 Å². The molecule has 1 aliphatic heterocycles. The second-order valence-corrected chi connectivity index (χ2v) is 10.8. The molecule has 5 rings (SSSR count). The summed E-state index contributed by atoms with van der Waals surface area (Å²) in [6.45, 7) is 6.25. The molecule has 3 aromatic carbocycles. The predicted molar refractivity (Wildman–Crippen MR) is 153 cm³/mol. The van der Waals surface area contributed by atoms with Crippen LogP contribution in [0.3, 0.4) is 0 Å². The Hall–Kier alpha value is -3.24. The summed E-state index contributed by atoms with van der Waals surface area (Å²) in [6.07, 6.45) is 1.06. The summed E-state index contributed by atoms with van der Waals surface area (Å²) >= 11 is 7.80. The minimum atomic E-state index is -0.222. The Morgan fingerprint density at radius 1 is 0.947 bits per heavy atom. The molecule has 2 N–H and O–H groups in total. The maximum atomic E-state index is 12.6. The van der Waals surface area contributed by atoms with Gasteiger partial charge >= 0.3 is 0 Å². The van der Waals surface area contributed by atoms with Crippen LogP contribution in [0.25, 0.3) is 11.1 Å². The lowest BCUT2D eigenvalue weighted by Crippen LogP contribution is -2.46. The maximum Gasteiger partial charge on any atom is 0.259 e. The molecule has 0 unspecified atom stereocenters. The highest BCUT2D eigenvalue weighted by atomic mass is 35.5. The SMILES string of the molecule is O=C(Nc1nnn[nH]1)c1ccccc1SCCCN1CCN(Cc2ccccc2-c2ccc(Cl)cc2)CC1. The third kappa shape index (κ3) is 6.99. The van der Waals surface area contributed by atoms with E-state index >= 15 is 0 Å². The Kier molecular flexibility index (Phi) is 9.03. The van der Waals surface area contributed by atoms with Crippen molar-refractivity contribution in [2.45, 2.75) is 17.9 Å². The number of aromatic nitrogens is 4. The molecule has 2 heterocycles. The molecule has 8 nitrogen and oxygen atoms in total. The molecule has 1 saturated heterocycles. The van der Waals surface area contributed by atoms with Gasteiger partial charge in [-0.2, -0.15) is 0 Å². The Balaban J connectivity index is 1.07. The number of hydrogen-bond acceptors (Lipinski definition) is 7. The van der Waals surface area contributed by atoms with Crippen molar-refractivity contribution in [1.29, 1.82) is 0 Å². The van der Waals surface area contributed by atoms with Crippen LogP contribution in [0.1, 0.15) is 22.3 Å². The third-order valence-corrected chi connectivity index (χ3v) is 8.03. The summed E-state index contributed by atoms with van der Waals surface area (Å²) in [4.78, 5) is 18.7. The van der Waals surface area contributed by atoms with Gasteiger partial charge in [0.25, 0.3) is 5.91 Å². The summed E-state index contributed by atoms with van der Waals surface area (Å²) in [7, 11) is 0. The third-order valence-electron chi connectivity index (χ3n) is 6.62. The quantitative estimate of drug-likeness (QED) is 0.211. The van der Waals surface area contributed by atoms with Crippen LogP contribution in [-0.4, -0.2) is 74.8 Å². The smallest absolute Gasteiger partial charge is 0.259 e. The molecule has 1 amide bonds. The van der Waals surface area contributed by atoms with Crippen molar-refractivity contribution in [1.82, 2.24) is 30.4 Å². The van der Waals surface area contributed by atoms with E-state index < -0.39 is 0 Å². The van der Waals surface area contributed by atoms with E-state index in [-0.39, 0.29) is 11.9 Å². The van der Waals surface area contributed by atoms with Gasteiger partial charge in [0.2, 0.25) is 5.95 Å². The molecule has 1 aromatic heterocycles. The Labute approximate surface area is 231 Å². The number of rotatable bonds is 10. The van der Waals surface area contributed by atoms with Crippen LogP contribution in [0.4, 0.5) is 5.95 Å². The first-order valence-corrected chi connectivity index (χ1v) is 14.1. The van der Waals surface area contributed by atoms with Crippen LogP contribution < -0.4 is 5.32 Å². The topological polar surface area (TPSA) is 90.0 Å². The van der Waals surface area contributed by atoms with Crippen LogP contribution in [0.15, 0.2) is 77.7 Å². The number of hydrogen-bond donors (Lipinski definition) is 2. The second-order valence-electron chi connectivity index (χ2n) is 9.18. The van der Waals surface area contributed by atoms with Crippen molar-refractivity contribution in [2.24, 2.45) is 0 Å². The number of piperazine rings is 1. The van der Waals surface area contributed by atoms with Gasteiger partial charge in [-0.15, -0.1) is 11.8 Å². The number of anilines is 1. The lowest BCUT2D eigenvalue weighted by molar-refractivity contribution is 0.102. The number of nitrogens with one attached hydrogen (secondary N) is 2. The first-order chi connectivity index (χ1) is 18.7. The number of carbonyl (C=O) groups excluding carboxylic acids is 1. The van der Waals surface area contributed by atoms with Gasteiger partial charge in [0, 0.05) is 42.6 Å². The van der Waals surface area contributed by atoms with Gasteiger partial charge in [-0.05, 0) is 70.1 Å². The zero-order valence-electron chi connectivity index (χ0n) is 21.0. The fourth-order valence-electron chi connectivity index (χ4n) is 4.62. The zero-order valence-corrected chi connectivity index (χ0v) is 22.6. The molecule has 38 heavy (non-hydrogen) atoms. The minimum absolute atomic E-state index is 0.222. The van der Waals surface area contributed by atoms with Crippen molar-refractivity contribution in [3.8, 4) is 11.1 Å². The van der Waals surface area contributed by atoms with Crippen molar-refractivity contribution >= 4 is 35.2 Å². The highest BCUT2D eigenvalue weighted by molar-refractivity contribution is 7.99. The number of carbonyl (C=O) groups is 1. The van der Waals surface area contributed by atoms with Gasteiger partial charge in [-0.3, -0.25) is 15.0 Å². The standard InChI is InChI=1S/C28H30ClN7OS/c29-23-12-10-21(11-13-23)24-7-2-1-6-22(24)20-36-17-15-35(16-18-36)14-5-19-38-26-9-4-3-8-25(26)27(37)30-28-31-33-34-32-28/h1-4,6-13H,5,14-20H2,(H2,30,31,32,33,34,37). The molecular weight excluding hydrogens is 518 g/mol. The average Bonchev–Trinajstić information content (AvgIpc) is 3.46. The van der Waals surface area contributed by atoms with Crippen LogP contribution >= 0.6 is 23.4 Å². The largest absolute Gasteiger partial charge is 0.301 e. The van der Waals surface area contributed by atoms with Crippen molar-refractivity contribution < 1.29 is 4.79 Å².